The number of aromatic nitrogens is 2. The van der Waals surface area contributed by atoms with Crippen molar-refractivity contribution in [3.8, 4) is 5.88 Å². The molecule has 11 heavy (non-hydrogen) atoms. The average molecular weight is 153 g/mol. The van der Waals surface area contributed by atoms with Gasteiger partial charge in [-0.15, -0.1) is 0 Å². The normalized spacial score (nSPS) is 9.64. The second-order valence-electron chi connectivity index (χ2n) is 2.08. The highest BCUT2D eigenvalue weighted by atomic mass is 16.5. The fourth-order valence-electron chi connectivity index (χ4n) is 0.692. The fraction of sp³-hybridized carbons (Fsp3) is 0.429. The van der Waals surface area contributed by atoms with Gasteiger partial charge in [-0.2, -0.15) is 0 Å². The first kappa shape index (κ1) is 7.94. The number of ether oxygens (including phenoxy) is 1. The maximum atomic E-state index is 5.25. The summed E-state index contributed by atoms with van der Waals surface area (Å²) in [6.45, 7) is 2.83. The topological polar surface area (TPSA) is 61.0 Å². The average Bonchev–Trinajstić information content (AvgIpc) is 2.03. The second-order valence-corrected chi connectivity index (χ2v) is 2.08. The Morgan fingerprint density at radius 3 is 2.82 bits per heavy atom. The summed E-state index contributed by atoms with van der Waals surface area (Å²) in [5.74, 6) is 0.568. The van der Waals surface area contributed by atoms with Crippen molar-refractivity contribution in [1.29, 1.82) is 0 Å². The van der Waals surface area contributed by atoms with Crippen LogP contribution in [0.5, 0.6) is 5.88 Å². The van der Waals surface area contributed by atoms with Crippen LogP contribution in [0.15, 0.2) is 12.4 Å². The molecule has 0 bridgehead atoms. The zero-order chi connectivity index (χ0) is 8.10. The van der Waals surface area contributed by atoms with Crippen LogP contribution in [0.25, 0.3) is 0 Å². The largest absolute Gasteiger partial charge is 0.475 e. The van der Waals surface area contributed by atoms with E-state index >= 15 is 0 Å². The van der Waals surface area contributed by atoms with Crippen molar-refractivity contribution in [2.45, 2.75) is 6.92 Å². The van der Waals surface area contributed by atoms with Crippen LogP contribution in [0.4, 0.5) is 0 Å². The van der Waals surface area contributed by atoms with Gasteiger partial charge in [0.1, 0.15) is 6.61 Å². The van der Waals surface area contributed by atoms with Gasteiger partial charge in [-0.1, -0.05) is 0 Å². The molecule has 0 amide bonds. The van der Waals surface area contributed by atoms with Crippen molar-refractivity contribution in [3.05, 3.63) is 18.1 Å². The fourth-order valence-corrected chi connectivity index (χ4v) is 0.692. The first-order valence-electron chi connectivity index (χ1n) is 3.45. The Balaban J connectivity index is 2.62. The number of nitrogens with zero attached hydrogens (tertiary/aromatic N) is 2. The third kappa shape index (κ3) is 2.16. The van der Waals surface area contributed by atoms with Crippen LogP contribution < -0.4 is 10.5 Å². The van der Waals surface area contributed by atoms with Crippen LogP contribution in [0.2, 0.25) is 0 Å². The van der Waals surface area contributed by atoms with Gasteiger partial charge >= 0.3 is 0 Å². The SMILES string of the molecule is Cc1nccnc1OCCN. The van der Waals surface area contributed by atoms with Crippen LogP contribution >= 0.6 is 0 Å². The Morgan fingerprint density at radius 2 is 2.18 bits per heavy atom. The Bertz CT molecular complexity index is 227. The van der Waals surface area contributed by atoms with Gasteiger partial charge in [0.2, 0.25) is 5.88 Å². The molecule has 1 aromatic heterocycles. The van der Waals surface area contributed by atoms with E-state index in [0.29, 0.717) is 19.0 Å². The lowest BCUT2D eigenvalue weighted by molar-refractivity contribution is 0.311. The van der Waals surface area contributed by atoms with E-state index in [1.807, 2.05) is 6.92 Å². The molecule has 4 heteroatoms. The molecule has 0 saturated heterocycles. The Hall–Kier alpha value is -1.16. The van der Waals surface area contributed by atoms with E-state index in [2.05, 4.69) is 9.97 Å². The number of nitrogens with two attached hydrogens (primary N) is 1. The summed E-state index contributed by atoms with van der Waals surface area (Å²) in [4.78, 5) is 7.98. The summed E-state index contributed by atoms with van der Waals surface area (Å²) in [7, 11) is 0. The van der Waals surface area contributed by atoms with Gasteiger partial charge in [-0.05, 0) is 6.92 Å². The maximum Gasteiger partial charge on any atom is 0.235 e. The molecule has 0 aliphatic carbocycles. The minimum Gasteiger partial charge on any atom is -0.475 e. The molecule has 0 aliphatic heterocycles. The number of hydrogen-bond donors (Lipinski definition) is 1. The predicted octanol–water partition coefficient (Wildman–Crippen LogP) is 0.123. The van der Waals surface area contributed by atoms with Crippen molar-refractivity contribution >= 4 is 0 Å². The molecule has 0 unspecified atom stereocenters. The molecule has 0 fully saturated rings. The highest BCUT2D eigenvalue weighted by Crippen LogP contribution is 2.07. The number of hydrogen-bond acceptors (Lipinski definition) is 4. The van der Waals surface area contributed by atoms with Crippen LogP contribution in [0.1, 0.15) is 5.69 Å². The molecule has 1 aromatic rings. The molecule has 0 aromatic carbocycles. The summed E-state index contributed by atoms with van der Waals surface area (Å²) in [6.07, 6.45) is 3.23. The molecule has 0 atom stereocenters. The lowest BCUT2D eigenvalue weighted by atomic mass is 10.5. The van der Waals surface area contributed by atoms with Crippen LogP contribution in [-0.4, -0.2) is 23.1 Å². The van der Waals surface area contributed by atoms with Gasteiger partial charge in [0.15, 0.2) is 0 Å². The van der Waals surface area contributed by atoms with E-state index in [9.17, 15) is 0 Å². The van der Waals surface area contributed by atoms with E-state index in [-0.39, 0.29) is 0 Å². The van der Waals surface area contributed by atoms with Crippen LogP contribution in [-0.2, 0) is 0 Å². The standard InChI is InChI=1S/C7H11N3O/c1-6-7(11-5-2-8)10-4-3-9-6/h3-4H,2,5,8H2,1H3. The third-order valence-electron chi connectivity index (χ3n) is 1.19. The van der Waals surface area contributed by atoms with Crippen molar-refractivity contribution in [2.24, 2.45) is 5.73 Å². The van der Waals surface area contributed by atoms with E-state index in [4.69, 9.17) is 10.5 Å². The molecular weight excluding hydrogens is 142 g/mol. The monoisotopic (exact) mass is 153 g/mol. The van der Waals surface area contributed by atoms with E-state index in [0.717, 1.165) is 5.69 Å². The van der Waals surface area contributed by atoms with Crippen molar-refractivity contribution in [2.75, 3.05) is 13.2 Å². The van der Waals surface area contributed by atoms with E-state index in [1.165, 1.54) is 0 Å². The summed E-state index contributed by atoms with van der Waals surface area (Å²) in [6, 6.07) is 0. The van der Waals surface area contributed by atoms with Crippen molar-refractivity contribution in [3.63, 3.8) is 0 Å². The Kier molecular flexibility index (Phi) is 2.80. The molecule has 4 nitrogen and oxygen atoms in total. The zero-order valence-electron chi connectivity index (χ0n) is 6.45. The van der Waals surface area contributed by atoms with Gasteiger partial charge in [-0.25, -0.2) is 4.98 Å². The lowest BCUT2D eigenvalue weighted by Gasteiger charge is -2.03. The van der Waals surface area contributed by atoms with E-state index in [1.54, 1.807) is 12.4 Å². The number of aryl methyl sites for hydroxylation is 1. The Labute approximate surface area is 65.4 Å². The predicted molar refractivity (Wildman–Crippen MR) is 41.3 cm³/mol. The molecule has 2 N–H and O–H groups in total. The minimum atomic E-state index is 0.486. The molecule has 1 heterocycles. The van der Waals surface area contributed by atoms with Crippen molar-refractivity contribution < 1.29 is 4.74 Å². The summed E-state index contributed by atoms with van der Waals surface area (Å²) >= 11 is 0. The Morgan fingerprint density at radius 1 is 1.45 bits per heavy atom. The second kappa shape index (κ2) is 3.88. The van der Waals surface area contributed by atoms with Crippen molar-refractivity contribution in [1.82, 2.24) is 9.97 Å². The van der Waals surface area contributed by atoms with Gasteiger partial charge < -0.3 is 10.5 Å². The minimum absolute atomic E-state index is 0.486. The molecule has 0 radical (unpaired) electrons. The highest BCUT2D eigenvalue weighted by Gasteiger charge is 1.98. The zero-order valence-corrected chi connectivity index (χ0v) is 6.45. The maximum absolute atomic E-state index is 5.25. The van der Waals surface area contributed by atoms with Gasteiger partial charge in [-0.3, -0.25) is 4.98 Å². The first-order chi connectivity index (χ1) is 5.34. The van der Waals surface area contributed by atoms with Crippen LogP contribution in [0, 0.1) is 6.92 Å². The van der Waals surface area contributed by atoms with Gasteiger partial charge in [0.25, 0.3) is 0 Å². The van der Waals surface area contributed by atoms with Gasteiger partial charge in [0, 0.05) is 18.9 Å². The number of rotatable bonds is 3. The summed E-state index contributed by atoms with van der Waals surface area (Å²) < 4.78 is 5.19. The van der Waals surface area contributed by atoms with E-state index < -0.39 is 0 Å². The first-order valence-corrected chi connectivity index (χ1v) is 3.45. The molecular formula is C7H11N3O. The summed E-state index contributed by atoms with van der Waals surface area (Å²) in [5, 5.41) is 0. The molecule has 0 spiro atoms. The van der Waals surface area contributed by atoms with Crippen LogP contribution in [0.3, 0.4) is 0 Å². The lowest BCUT2D eigenvalue weighted by Crippen LogP contribution is -2.12. The van der Waals surface area contributed by atoms with Gasteiger partial charge in [0.05, 0.1) is 5.69 Å². The highest BCUT2D eigenvalue weighted by molar-refractivity contribution is 5.14. The quantitative estimate of drug-likeness (QED) is 0.670. The molecule has 1 rings (SSSR count). The molecule has 0 saturated carbocycles. The molecule has 0 aliphatic rings. The summed E-state index contributed by atoms with van der Waals surface area (Å²) in [5.41, 5.74) is 6.05. The smallest absolute Gasteiger partial charge is 0.235 e. The molecule has 60 valence electrons. The third-order valence-corrected chi connectivity index (χ3v) is 1.19.